The summed E-state index contributed by atoms with van der Waals surface area (Å²) < 4.78 is 13.2. The van der Waals surface area contributed by atoms with Crippen molar-refractivity contribution < 1.29 is 14.0 Å². The van der Waals surface area contributed by atoms with Crippen LogP contribution in [0.15, 0.2) is 18.2 Å². The molecule has 1 saturated heterocycles. The number of hydrogen-bond acceptors (Lipinski definition) is 2. The minimum atomic E-state index is -0.499. The second-order valence-corrected chi connectivity index (χ2v) is 3.74. The number of anilines is 1. The van der Waals surface area contributed by atoms with Crippen molar-refractivity contribution in [3.63, 3.8) is 0 Å². The van der Waals surface area contributed by atoms with Gasteiger partial charge in [0, 0.05) is 18.7 Å². The van der Waals surface area contributed by atoms with E-state index in [2.05, 4.69) is 5.32 Å². The van der Waals surface area contributed by atoms with Crippen molar-refractivity contribution in [3.05, 3.63) is 29.6 Å². The molecule has 1 aromatic rings. The number of hydrogen-bond donors (Lipinski definition) is 1. The molecule has 0 saturated carbocycles. The maximum atomic E-state index is 13.2. The highest BCUT2D eigenvalue weighted by atomic mass is 19.1. The first-order chi connectivity index (χ1) is 7.56. The normalized spacial score (nSPS) is 16.2. The predicted octanol–water partition coefficient (Wildman–Crippen LogP) is 1.58. The Morgan fingerprint density at radius 3 is 2.69 bits per heavy atom. The number of halogens is 1. The first-order valence-corrected chi connectivity index (χ1v) is 4.95. The molecule has 0 radical (unpaired) electrons. The van der Waals surface area contributed by atoms with Gasteiger partial charge in [0.2, 0.25) is 5.91 Å². The Balaban J connectivity index is 2.30. The molecule has 1 heterocycles. The average Bonchev–Trinajstić information content (AvgIpc) is 2.15. The van der Waals surface area contributed by atoms with Crippen LogP contribution in [0.4, 0.5) is 14.9 Å². The van der Waals surface area contributed by atoms with E-state index in [9.17, 15) is 14.0 Å². The Morgan fingerprint density at radius 2 is 2.06 bits per heavy atom. The molecule has 16 heavy (non-hydrogen) atoms. The van der Waals surface area contributed by atoms with Gasteiger partial charge < -0.3 is 0 Å². The number of aryl methyl sites for hydroxylation is 1. The van der Waals surface area contributed by atoms with Crippen LogP contribution in [0, 0.1) is 12.7 Å². The second kappa shape index (κ2) is 3.92. The van der Waals surface area contributed by atoms with Gasteiger partial charge in [0.1, 0.15) is 5.82 Å². The van der Waals surface area contributed by atoms with E-state index in [1.54, 1.807) is 13.0 Å². The van der Waals surface area contributed by atoms with E-state index in [0.29, 0.717) is 5.69 Å². The SMILES string of the molecule is Cc1cc(F)cc(N2CCC(=O)NC2=O)c1. The van der Waals surface area contributed by atoms with Gasteiger partial charge in [-0.25, -0.2) is 9.18 Å². The third-order valence-corrected chi connectivity index (χ3v) is 2.39. The van der Waals surface area contributed by atoms with Gasteiger partial charge in [0.05, 0.1) is 0 Å². The average molecular weight is 222 g/mol. The number of amides is 3. The number of carbonyl (C=O) groups excluding carboxylic acids is 2. The summed E-state index contributed by atoms with van der Waals surface area (Å²) in [5, 5.41) is 2.19. The van der Waals surface area contributed by atoms with Gasteiger partial charge in [-0.15, -0.1) is 0 Å². The first kappa shape index (κ1) is 10.6. The van der Waals surface area contributed by atoms with Crippen molar-refractivity contribution in [1.29, 1.82) is 0 Å². The van der Waals surface area contributed by atoms with Crippen LogP contribution in [0.1, 0.15) is 12.0 Å². The molecular weight excluding hydrogens is 211 g/mol. The lowest BCUT2D eigenvalue weighted by molar-refractivity contribution is -0.120. The zero-order chi connectivity index (χ0) is 11.7. The molecule has 0 bridgehead atoms. The van der Waals surface area contributed by atoms with Gasteiger partial charge in [-0.2, -0.15) is 0 Å². The van der Waals surface area contributed by atoms with Crippen LogP contribution in [-0.2, 0) is 4.79 Å². The molecule has 84 valence electrons. The maximum Gasteiger partial charge on any atom is 0.328 e. The lowest BCUT2D eigenvalue weighted by atomic mass is 10.2. The van der Waals surface area contributed by atoms with Crippen molar-refractivity contribution >= 4 is 17.6 Å². The molecule has 1 aromatic carbocycles. The van der Waals surface area contributed by atoms with E-state index >= 15 is 0 Å². The first-order valence-electron chi connectivity index (χ1n) is 4.95. The van der Waals surface area contributed by atoms with Crippen LogP contribution in [-0.4, -0.2) is 18.5 Å². The summed E-state index contributed by atoms with van der Waals surface area (Å²) in [7, 11) is 0. The zero-order valence-electron chi connectivity index (χ0n) is 8.79. The maximum absolute atomic E-state index is 13.2. The number of rotatable bonds is 1. The van der Waals surface area contributed by atoms with Gasteiger partial charge in [-0.05, 0) is 30.7 Å². The molecule has 0 aromatic heterocycles. The van der Waals surface area contributed by atoms with Crippen molar-refractivity contribution in [2.75, 3.05) is 11.4 Å². The number of nitrogens with one attached hydrogen (secondary N) is 1. The molecule has 1 aliphatic heterocycles. The van der Waals surface area contributed by atoms with Crippen molar-refractivity contribution in [1.82, 2.24) is 5.32 Å². The van der Waals surface area contributed by atoms with Gasteiger partial charge in [0.25, 0.3) is 0 Å². The lowest BCUT2D eigenvalue weighted by Crippen LogP contribution is -2.49. The Hall–Kier alpha value is -1.91. The molecule has 5 heteroatoms. The Kier molecular flexibility index (Phi) is 2.60. The fourth-order valence-corrected chi connectivity index (χ4v) is 1.68. The Labute approximate surface area is 92.0 Å². The molecule has 4 nitrogen and oxygen atoms in total. The van der Waals surface area contributed by atoms with Crippen LogP contribution < -0.4 is 10.2 Å². The van der Waals surface area contributed by atoms with E-state index < -0.39 is 6.03 Å². The lowest BCUT2D eigenvalue weighted by Gasteiger charge is -2.26. The number of nitrogens with zero attached hydrogens (tertiary/aromatic N) is 1. The summed E-state index contributed by atoms with van der Waals surface area (Å²) in [4.78, 5) is 23.8. The highest BCUT2D eigenvalue weighted by Gasteiger charge is 2.24. The van der Waals surface area contributed by atoms with E-state index in [4.69, 9.17) is 0 Å². The summed E-state index contributed by atoms with van der Waals surface area (Å²) in [6.45, 7) is 2.03. The third kappa shape index (κ3) is 2.03. The van der Waals surface area contributed by atoms with Gasteiger partial charge in [0.15, 0.2) is 0 Å². The van der Waals surface area contributed by atoms with E-state index in [1.807, 2.05) is 0 Å². The Morgan fingerprint density at radius 1 is 1.31 bits per heavy atom. The Bertz CT molecular complexity index is 439. The highest BCUT2D eigenvalue weighted by molar-refractivity contribution is 6.05. The van der Waals surface area contributed by atoms with Crippen LogP contribution in [0.2, 0.25) is 0 Å². The quantitative estimate of drug-likeness (QED) is 0.784. The van der Waals surface area contributed by atoms with Crippen molar-refractivity contribution in [2.45, 2.75) is 13.3 Å². The second-order valence-electron chi connectivity index (χ2n) is 3.74. The van der Waals surface area contributed by atoms with Gasteiger partial charge in [-0.1, -0.05) is 0 Å². The van der Waals surface area contributed by atoms with Crippen molar-refractivity contribution in [3.8, 4) is 0 Å². The van der Waals surface area contributed by atoms with Crippen molar-refractivity contribution in [2.24, 2.45) is 0 Å². The molecule has 2 rings (SSSR count). The molecule has 1 N–H and O–H groups in total. The predicted molar refractivity (Wildman–Crippen MR) is 56.6 cm³/mol. The van der Waals surface area contributed by atoms with Crippen LogP contribution >= 0.6 is 0 Å². The van der Waals surface area contributed by atoms with Crippen LogP contribution in [0.5, 0.6) is 0 Å². The topological polar surface area (TPSA) is 49.4 Å². The minimum absolute atomic E-state index is 0.237. The molecule has 3 amide bonds. The van der Waals surface area contributed by atoms with Gasteiger partial charge in [-0.3, -0.25) is 15.0 Å². The number of carbonyl (C=O) groups is 2. The van der Waals surface area contributed by atoms with E-state index in [1.165, 1.54) is 17.0 Å². The number of urea groups is 1. The summed E-state index contributed by atoms with van der Waals surface area (Å²) in [6, 6.07) is 3.87. The van der Waals surface area contributed by atoms with Crippen LogP contribution in [0.3, 0.4) is 0 Å². The molecule has 1 aliphatic rings. The smallest absolute Gasteiger partial charge is 0.294 e. The molecule has 0 atom stereocenters. The molecule has 0 unspecified atom stereocenters. The summed E-state index contributed by atoms with van der Waals surface area (Å²) >= 11 is 0. The number of imide groups is 1. The fourth-order valence-electron chi connectivity index (χ4n) is 1.68. The highest BCUT2D eigenvalue weighted by Crippen LogP contribution is 2.20. The largest absolute Gasteiger partial charge is 0.328 e. The minimum Gasteiger partial charge on any atom is -0.294 e. The standard InChI is InChI=1S/C11H11FN2O2/c1-7-4-8(12)6-9(5-7)14-3-2-10(15)13-11(14)16/h4-6H,2-3H2,1H3,(H,13,15,16). The third-order valence-electron chi connectivity index (χ3n) is 2.39. The zero-order valence-corrected chi connectivity index (χ0v) is 8.79. The summed E-state index contributed by atoms with van der Waals surface area (Å²) in [5.74, 6) is -0.686. The van der Waals surface area contributed by atoms with Crippen LogP contribution in [0.25, 0.3) is 0 Å². The fraction of sp³-hybridized carbons (Fsp3) is 0.273. The van der Waals surface area contributed by atoms with E-state index in [-0.39, 0.29) is 24.7 Å². The summed E-state index contributed by atoms with van der Waals surface area (Å²) in [6.07, 6.45) is 0.237. The monoisotopic (exact) mass is 222 g/mol. The summed E-state index contributed by atoms with van der Waals surface area (Å²) in [5.41, 5.74) is 1.21. The van der Waals surface area contributed by atoms with E-state index in [0.717, 1.165) is 5.56 Å². The molecular formula is C11H11FN2O2. The van der Waals surface area contributed by atoms with Gasteiger partial charge >= 0.3 is 6.03 Å². The molecule has 0 aliphatic carbocycles. The number of benzene rings is 1. The molecule has 1 fully saturated rings. The molecule has 0 spiro atoms.